The van der Waals surface area contributed by atoms with Crippen molar-refractivity contribution in [2.24, 2.45) is 0 Å². The molecule has 2 saturated heterocycles. The van der Waals surface area contributed by atoms with Gasteiger partial charge in [0.15, 0.2) is 28.2 Å². The van der Waals surface area contributed by atoms with Gasteiger partial charge in [-0.3, -0.25) is 4.57 Å². The number of halogens is 2. The Morgan fingerprint density at radius 1 is 1.33 bits per heavy atom. The highest BCUT2D eigenvalue weighted by molar-refractivity contribution is 9.11. The fourth-order valence-electron chi connectivity index (χ4n) is 3.15. The quantitative estimate of drug-likeness (QED) is 0.824. The smallest absolute Gasteiger partial charge is 0.167 e. The summed E-state index contributed by atoms with van der Waals surface area (Å²) in [6.07, 6.45) is 2.13. The van der Waals surface area contributed by atoms with Gasteiger partial charge in [0, 0.05) is 0 Å². The molecule has 2 N–H and O–H groups in total. The Labute approximate surface area is 144 Å². The van der Waals surface area contributed by atoms with Crippen LogP contribution in [0.15, 0.2) is 23.5 Å². The summed E-state index contributed by atoms with van der Waals surface area (Å²) in [5, 5.41) is 0. The van der Waals surface area contributed by atoms with Gasteiger partial charge in [-0.25, -0.2) is 15.0 Å². The van der Waals surface area contributed by atoms with E-state index in [4.69, 9.17) is 19.9 Å². The molecule has 0 spiro atoms. The maximum atomic E-state index is 13.3. The van der Waals surface area contributed by atoms with E-state index in [0.29, 0.717) is 11.2 Å². The highest BCUT2D eigenvalue weighted by Gasteiger charge is 2.55. The van der Waals surface area contributed by atoms with E-state index in [1.165, 1.54) is 12.4 Å². The van der Waals surface area contributed by atoms with Gasteiger partial charge in [0.2, 0.25) is 0 Å². The van der Waals surface area contributed by atoms with Crippen LogP contribution in [0.2, 0.25) is 0 Å². The van der Waals surface area contributed by atoms with Crippen LogP contribution in [0, 0.1) is 0 Å². The topological polar surface area (TPSA) is 97.3 Å². The molecule has 0 bridgehead atoms. The average molecular weight is 400 g/mol. The van der Waals surface area contributed by atoms with Crippen molar-refractivity contribution < 1.29 is 18.6 Å². The molecule has 2 aliphatic heterocycles. The number of anilines is 1. The first-order valence-electron chi connectivity index (χ1n) is 7.33. The molecule has 4 atom stereocenters. The lowest BCUT2D eigenvalue weighted by molar-refractivity contribution is -0.191. The summed E-state index contributed by atoms with van der Waals surface area (Å²) < 4.78 is 32.3. The molecule has 2 aromatic rings. The number of imidazole rings is 1. The number of nitrogen functional groups attached to an aromatic ring is 1. The molecule has 0 aromatic carbocycles. The van der Waals surface area contributed by atoms with E-state index in [-0.39, 0.29) is 5.82 Å². The Hall–Kier alpha value is -1.62. The second-order valence-electron chi connectivity index (χ2n) is 6.10. The second-order valence-corrected chi connectivity index (χ2v) is 6.85. The van der Waals surface area contributed by atoms with Crippen molar-refractivity contribution in [2.45, 2.75) is 44.2 Å². The molecule has 0 aliphatic carbocycles. The Morgan fingerprint density at radius 3 is 2.83 bits per heavy atom. The van der Waals surface area contributed by atoms with E-state index < -0.39 is 35.1 Å². The Morgan fingerprint density at radius 2 is 2.08 bits per heavy atom. The predicted octanol–water partition coefficient (Wildman–Crippen LogP) is 2.03. The summed E-state index contributed by atoms with van der Waals surface area (Å²) in [5.74, 6) is -0.517. The van der Waals surface area contributed by atoms with Crippen LogP contribution in [0.25, 0.3) is 11.2 Å². The zero-order valence-corrected chi connectivity index (χ0v) is 14.5. The highest BCUT2D eigenvalue weighted by atomic mass is 79.9. The van der Waals surface area contributed by atoms with E-state index in [2.05, 4.69) is 30.9 Å². The first kappa shape index (κ1) is 15.9. The van der Waals surface area contributed by atoms with Gasteiger partial charge in [0.1, 0.15) is 30.2 Å². The lowest BCUT2D eigenvalue weighted by Crippen LogP contribution is -2.28. The molecule has 2 aromatic heterocycles. The number of fused-ring (bicyclic) bond motifs is 2. The summed E-state index contributed by atoms with van der Waals surface area (Å²) in [6, 6.07) is 0. The largest absolute Gasteiger partial charge is 0.382 e. The monoisotopic (exact) mass is 399 g/mol. The maximum absolute atomic E-state index is 13.3. The average Bonchev–Trinajstić information content (AvgIpc) is 3.12. The zero-order valence-electron chi connectivity index (χ0n) is 12.9. The normalized spacial score (nSPS) is 32.4. The zero-order chi connectivity index (χ0) is 17.1. The number of ether oxygens (including phenoxy) is 3. The van der Waals surface area contributed by atoms with Crippen molar-refractivity contribution in [1.29, 1.82) is 0 Å². The van der Waals surface area contributed by atoms with Crippen LogP contribution < -0.4 is 5.73 Å². The summed E-state index contributed by atoms with van der Waals surface area (Å²) in [5.41, 5.74) is 6.81. The Kier molecular flexibility index (Phi) is 3.60. The minimum atomic E-state index is -0.795. The molecule has 8 nitrogen and oxygen atoms in total. The van der Waals surface area contributed by atoms with E-state index in [1.807, 2.05) is 0 Å². The molecule has 0 saturated carbocycles. The van der Waals surface area contributed by atoms with E-state index >= 15 is 0 Å². The third kappa shape index (κ3) is 2.50. The van der Waals surface area contributed by atoms with Crippen LogP contribution in [-0.4, -0.2) is 43.6 Å². The molecule has 2 aliphatic rings. The van der Waals surface area contributed by atoms with Crippen LogP contribution in [0.3, 0.4) is 0 Å². The molecule has 128 valence electrons. The molecular weight excluding hydrogens is 385 g/mol. The van der Waals surface area contributed by atoms with Crippen LogP contribution in [0.1, 0.15) is 20.1 Å². The number of aromatic nitrogens is 4. The standard InChI is InChI=1S/C14H15BrFN5O3/c1-14(2)23-9-6(3-7(15)16)22-13(10(9)24-14)21-5-20-8-11(17)18-4-19-12(8)21/h3-6,9-10,13H,1-2H3,(H2,17,18,19)/b7-3+/t6-,9-,10-,13-/m1/s1. The number of nitrogens with two attached hydrogens (primary N) is 1. The first-order chi connectivity index (χ1) is 11.4. The van der Waals surface area contributed by atoms with Crippen LogP contribution in [0.5, 0.6) is 0 Å². The molecule has 24 heavy (non-hydrogen) atoms. The number of hydrogen-bond donors (Lipinski definition) is 1. The van der Waals surface area contributed by atoms with E-state index in [1.54, 1.807) is 24.7 Å². The van der Waals surface area contributed by atoms with Gasteiger partial charge in [-0.2, -0.15) is 4.39 Å². The fourth-order valence-corrected chi connectivity index (χ4v) is 3.41. The van der Waals surface area contributed by atoms with Crippen LogP contribution in [0.4, 0.5) is 10.2 Å². The molecular formula is C14H15BrFN5O3. The molecule has 10 heteroatoms. The number of nitrogens with zero attached hydrogens (tertiary/aromatic N) is 4. The van der Waals surface area contributed by atoms with E-state index in [0.717, 1.165) is 0 Å². The van der Waals surface area contributed by atoms with Gasteiger partial charge in [-0.05, 0) is 35.9 Å². The minimum absolute atomic E-state index is 0.278. The third-order valence-electron chi connectivity index (χ3n) is 4.02. The Balaban J connectivity index is 1.77. The summed E-state index contributed by atoms with van der Waals surface area (Å²) in [4.78, 5) is 12.4. The van der Waals surface area contributed by atoms with Gasteiger partial charge in [-0.15, -0.1) is 0 Å². The number of hydrogen-bond acceptors (Lipinski definition) is 7. The highest BCUT2D eigenvalue weighted by Crippen LogP contribution is 2.44. The first-order valence-corrected chi connectivity index (χ1v) is 8.12. The van der Waals surface area contributed by atoms with Gasteiger partial charge in [0.25, 0.3) is 0 Å². The minimum Gasteiger partial charge on any atom is -0.382 e. The summed E-state index contributed by atoms with van der Waals surface area (Å²) in [7, 11) is 0. The van der Waals surface area contributed by atoms with Crippen molar-refractivity contribution in [1.82, 2.24) is 19.5 Å². The van der Waals surface area contributed by atoms with Gasteiger partial charge < -0.3 is 19.9 Å². The lowest BCUT2D eigenvalue weighted by Gasteiger charge is -2.23. The third-order valence-corrected chi connectivity index (χ3v) is 4.28. The predicted molar refractivity (Wildman–Crippen MR) is 85.6 cm³/mol. The Bertz CT molecular complexity index is 822. The van der Waals surface area contributed by atoms with Crippen molar-refractivity contribution in [3.8, 4) is 0 Å². The molecule has 0 radical (unpaired) electrons. The fraction of sp³-hybridized carbons (Fsp3) is 0.500. The van der Waals surface area contributed by atoms with Crippen molar-refractivity contribution in [3.63, 3.8) is 0 Å². The molecule has 4 heterocycles. The lowest BCUT2D eigenvalue weighted by atomic mass is 10.1. The molecule has 0 unspecified atom stereocenters. The van der Waals surface area contributed by atoms with Crippen molar-refractivity contribution in [3.05, 3.63) is 23.5 Å². The van der Waals surface area contributed by atoms with Crippen LogP contribution in [-0.2, 0) is 14.2 Å². The molecule has 0 amide bonds. The summed E-state index contributed by atoms with van der Waals surface area (Å²) >= 11 is 2.79. The molecule has 4 rings (SSSR count). The second kappa shape index (κ2) is 5.45. The van der Waals surface area contributed by atoms with Gasteiger partial charge in [-0.1, -0.05) is 0 Å². The number of rotatable bonds is 2. The molecule has 2 fully saturated rings. The van der Waals surface area contributed by atoms with Gasteiger partial charge in [0.05, 0.1) is 6.33 Å². The van der Waals surface area contributed by atoms with Crippen molar-refractivity contribution in [2.75, 3.05) is 5.73 Å². The van der Waals surface area contributed by atoms with Crippen LogP contribution >= 0.6 is 15.9 Å². The van der Waals surface area contributed by atoms with Crippen molar-refractivity contribution >= 4 is 32.9 Å². The van der Waals surface area contributed by atoms with E-state index in [9.17, 15) is 4.39 Å². The maximum Gasteiger partial charge on any atom is 0.167 e. The summed E-state index contributed by atoms with van der Waals surface area (Å²) in [6.45, 7) is 3.61. The SMILES string of the molecule is CC1(C)O[C@@H]2[C@H](O1)[C@@H](/C=C(/F)Br)O[C@H]2n1cnc2c(N)ncnc21. The van der Waals surface area contributed by atoms with Gasteiger partial charge >= 0.3 is 0 Å².